The molecule has 0 aliphatic carbocycles. The number of aromatic nitrogens is 3. The van der Waals surface area contributed by atoms with Crippen LogP contribution in [-0.4, -0.2) is 21.6 Å². The Morgan fingerprint density at radius 3 is 3.00 bits per heavy atom. The summed E-state index contributed by atoms with van der Waals surface area (Å²) in [5.41, 5.74) is 6.24. The molecule has 6 nitrogen and oxygen atoms in total. The number of nitriles is 1. The summed E-state index contributed by atoms with van der Waals surface area (Å²) in [7, 11) is 1.52. The van der Waals surface area contributed by atoms with Gasteiger partial charge >= 0.3 is 0 Å². The summed E-state index contributed by atoms with van der Waals surface area (Å²) in [5, 5.41) is 8.85. The lowest BCUT2D eigenvalue weighted by Gasteiger charge is -2.07. The predicted octanol–water partition coefficient (Wildman–Crippen LogP) is 0.730. The number of ether oxygens (including phenoxy) is 1. The number of pyridine rings is 1. The molecule has 0 radical (unpaired) electrons. The van der Waals surface area contributed by atoms with Gasteiger partial charge in [-0.05, 0) is 6.07 Å². The van der Waals surface area contributed by atoms with Gasteiger partial charge in [-0.1, -0.05) is 0 Å². The topological polar surface area (TPSA) is 89.8 Å². The molecule has 0 aliphatic heterocycles. The summed E-state index contributed by atoms with van der Waals surface area (Å²) >= 11 is 0. The van der Waals surface area contributed by atoms with Crippen molar-refractivity contribution in [3.8, 4) is 17.8 Å². The number of anilines is 1. The second kappa shape index (κ2) is 3.90. The number of hydrogen-bond acceptors (Lipinski definition) is 5. The maximum absolute atomic E-state index is 8.85. The van der Waals surface area contributed by atoms with E-state index in [2.05, 4.69) is 9.97 Å². The summed E-state index contributed by atoms with van der Waals surface area (Å²) in [6.45, 7) is 0. The molecule has 0 fully saturated rings. The van der Waals surface area contributed by atoms with Gasteiger partial charge in [-0.2, -0.15) is 10.2 Å². The number of imidazole rings is 1. The number of hydrogen-bond donors (Lipinski definition) is 1. The van der Waals surface area contributed by atoms with Crippen LogP contribution in [0.4, 0.5) is 5.69 Å². The third-order valence-corrected chi connectivity index (χ3v) is 2.06. The van der Waals surface area contributed by atoms with Gasteiger partial charge in [-0.25, -0.2) is 4.98 Å². The van der Waals surface area contributed by atoms with Gasteiger partial charge in [0.15, 0.2) is 5.82 Å². The minimum atomic E-state index is 0.229. The summed E-state index contributed by atoms with van der Waals surface area (Å²) in [6, 6.07) is 5.28. The van der Waals surface area contributed by atoms with Crippen LogP contribution < -0.4 is 10.5 Å². The van der Waals surface area contributed by atoms with Gasteiger partial charge in [0.05, 0.1) is 12.8 Å². The van der Waals surface area contributed by atoms with E-state index >= 15 is 0 Å². The molecule has 0 spiro atoms. The van der Waals surface area contributed by atoms with Gasteiger partial charge in [0, 0.05) is 18.5 Å². The molecular formula is C10H9N5O. The Kier molecular flexibility index (Phi) is 2.44. The minimum absolute atomic E-state index is 0.229. The Balaban J connectivity index is 2.60. The largest absolute Gasteiger partial charge is 0.481 e. The first-order valence-electron chi connectivity index (χ1n) is 4.50. The first-order chi connectivity index (χ1) is 7.76. The minimum Gasteiger partial charge on any atom is -0.481 e. The van der Waals surface area contributed by atoms with E-state index in [-0.39, 0.29) is 5.82 Å². The molecule has 80 valence electrons. The van der Waals surface area contributed by atoms with E-state index in [1.807, 2.05) is 6.07 Å². The Labute approximate surface area is 91.9 Å². The maximum atomic E-state index is 8.85. The SMILES string of the molecule is COc1ccc(N)c(-n2ccnc2C#N)n1. The third kappa shape index (κ3) is 1.54. The van der Waals surface area contributed by atoms with Crippen LogP contribution in [0, 0.1) is 11.3 Å². The molecule has 0 bridgehead atoms. The molecule has 2 N–H and O–H groups in total. The van der Waals surface area contributed by atoms with Crippen LogP contribution in [0.1, 0.15) is 5.82 Å². The molecule has 2 heterocycles. The lowest BCUT2D eigenvalue weighted by molar-refractivity contribution is 0.397. The number of rotatable bonds is 2. The van der Waals surface area contributed by atoms with Crippen molar-refractivity contribution in [1.82, 2.24) is 14.5 Å². The van der Waals surface area contributed by atoms with E-state index < -0.39 is 0 Å². The number of nitrogens with two attached hydrogens (primary N) is 1. The van der Waals surface area contributed by atoms with Crippen LogP contribution in [0.2, 0.25) is 0 Å². The average Bonchev–Trinajstić information content (AvgIpc) is 2.77. The highest BCUT2D eigenvalue weighted by atomic mass is 16.5. The zero-order chi connectivity index (χ0) is 11.5. The van der Waals surface area contributed by atoms with Crippen LogP contribution in [-0.2, 0) is 0 Å². The average molecular weight is 215 g/mol. The van der Waals surface area contributed by atoms with Crippen molar-refractivity contribution >= 4 is 5.69 Å². The van der Waals surface area contributed by atoms with Gasteiger partial charge in [0.1, 0.15) is 6.07 Å². The first kappa shape index (κ1) is 9.98. The van der Waals surface area contributed by atoms with E-state index in [0.29, 0.717) is 17.4 Å². The van der Waals surface area contributed by atoms with Crippen LogP contribution in [0.15, 0.2) is 24.5 Å². The third-order valence-electron chi connectivity index (χ3n) is 2.06. The molecule has 16 heavy (non-hydrogen) atoms. The number of nitrogens with zero attached hydrogens (tertiary/aromatic N) is 4. The molecule has 0 aliphatic rings. The molecule has 0 unspecified atom stereocenters. The van der Waals surface area contributed by atoms with Crippen molar-refractivity contribution < 1.29 is 4.74 Å². The van der Waals surface area contributed by atoms with E-state index in [4.69, 9.17) is 15.7 Å². The predicted molar refractivity (Wildman–Crippen MR) is 57.0 cm³/mol. The normalized spacial score (nSPS) is 9.75. The number of methoxy groups -OCH3 is 1. The Morgan fingerprint density at radius 1 is 1.50 bits per heavy atom. The highest BCUT2D eigenvalue weighted by molar-refractivity contribution is 5.55. The van der Waals surface area contributed by atoms with Gasteiger partial charge < -0.3 is 10.5 Å². The highest BCUT2D eigenvalue weighted by Gasteiger charge is 2.09. The second-order valence-corrected chi connectivity index (χ2v) is 3.00. The fourth-order valence-corrected chi connectivity index (χ4v) is 1.31. The van der Waals surface area contributed by atoms with Crippen molar-refractivity contribution in [3.63, 3.8) is 0 Å². The van der Waals surface area contributed by atoms with Crippen LogP contribution >= 0.6 is 0 Å². The quantitative estimate of drug-likeness (QED) is 0.797. The van der Waals surface area contributed by atoms with E-state index in [9.17, 15) is 0 Å². The summed E-state index contributed by atoms with van der Waals surface area (Å²) < 4.78 is 6.51. The fourth-order valence-electron chi connectivity index (χ4n) is 1.31. The fraction of sp³-hybridized carbons (Fsp3) is 0.100. The lowest BCUT2D eigenvalue weighted by Crippen LogP contribution is -2.05. The molecule has 0 amide bonds. The molecule has 6 heteroatoms. The summed E-state index contributed by atoms with van der Waals surface area (Å²) in [4.78, 5) is 8.04. The standard InChI is InChI=1S/C10H9N5O/c1-16-9-3-2-7(12)10(14-9)15-5-4-13-8(15)6-11/h2-5H,12H2,1H3. The van der Waals surface area contributed by atoms with Gasteiger partial charge in [-0.3, -0.25) is 4.57 Å². The lowest BCUT2D eigenvalue weighted by atomic mass is 10.4. The van der Waals surface area contributed by atoms with E-state index in [0.717, 1.165) is 0 Å². The van der Waals surface area contributed by atoms with Crippen molar-refractivity contribution in [1.29, 1.82) is 5.26 Å². The van der Waals surface area contributed by atoms with Gasteiger partial charge in [-0.15, -0.1) is 0 Å². The number of nitrogen functional groups attached to an aromatic ring is 1. The Bertz CT molecular complexity index is 555. The zero-order valence-electron chi connectivity index (χ0n) is 8.58. The maximum Gasteiger partial charge on any atom is 0.218 e. The van der Waals surface area contributed by atoms with Crippen LogP contribution in [0.5, 0.6) is 5.88 Å². The van der Waals surface area contributed by atoms with Crippen LogP contribution in [0.25, 0.3) is 5.82 Å². The van der Waals surface area contributed by atoms with Gasteiger partial charge in [0.2, 0.25) is 11.7 Å². The molecule has 2 rings (SSSR count). The van der Waals surface area contributed by atoms with Crippen molar-refractivity contribution in [3.05, 3.63) is 30.4 Å². The summed E-state index contributed by atoms with van der Waals surface area (Å²) in [5.74, 6) is 1.10. The molecule has 2 aromatic rings. The molecule has 2 aromatic heterocycles. The zero-order valence-corrected chi connectivity index (χ0v) is 8.58. The van der Waals surface area contributed by atoms with Gasteiger partial charge in [0.25, 0.3) is 0 Å². The first-order valence-corrected chi connectivity index (χ1v) is 4.50. The summed E-state index contributed by atoms with van der Waals surface area (Å²) in [6.07, 6.45) is 3.13. The molecule has 0 atom stereocenters. The smallest absolute Gasteiger partial charge is 0.218 e. The second-order valence-electron chi connectivity index (χ2n) is 3.00. The van der Waals surface area contributed by atoms with E-state index in [1.165, 1.54) is 17.9 Å². The monoisotopic (exact) mass is 215 g/mol. The molecular weight excluding hydrogens is 206 g/mol. The van der Waals surface area contributed by atoms with Crippen molar-refractivity contribution in [2.75, 3.05) is 12.8 Å². The Morgan fingerprint density at radius 2 is 2.31 bits per heavy atom. The van der Waals surface area contributed by atoms with Crippen molar-refractivity contribution in [2.24, 2.45) is 0 Å². The highest BCUT2D eigenvalue weighted by Crippen LogP contribution is 2.19. The molecule has 0 aromatic carbocycles. The molecule has 0 saturated heterocycles. The Hall–Kier alpha value is -2.55. The van der Waals surface area contributed by atoms with E-state index in [1.54, 1.807) is 18.3 Å². The van der Waals surface area contributed by atoms with Crippen LogP contribution in [0.3, 0.4) is 0 Å². The van der Waals surface area contributed by atoms with Crippen molar-refractivity contribution in [2.45, 2.75) is 0 Å². The molecule has 0 saturated carbocycles.